The zero-order chi connectivity index (χ0) is 9.52. The third-order valence-electron chi connectivity index (χ3n) is 3.05. The second kappa shape index (κ2) is 6.17. The van der Waals surface area contributed by atoms with Crippen LogP contribution in [-0.2, 0) is 4.79 Å². The zero-order valence-corrected chi connectivity index (χ0v) is 8.85. The molecule has 1 nitrogen and oxygen atoms in total. The number of hydrogen-bond donors (Lipinski definition) is 0. The van der Waals surface area contributed by atoms with Crippen LogP contribution in [-0.4, -0.2) is 5.78 Å². The summed E-state index contributed by atoms with van der Waals surface area (Å²) in [4.78, 5) is 11.4. The first-order valence-corrected chi connectivity index (χ1v) is 5.84. The Morgan fingerprint density at radius 1 is 1.31 bits per heavy atom. The number of carbonyl (C=O) groups excluding carboxylic acids is 1. The van der Waals surface area contributed by atoms with Crippen LogP contribution in [0.4, 0.5) is 0 Å². The first-order valence-electron chi connectivity index (χ1n) is 5.84. The number of Topliss-reactive ketones (excluding diaryl/α,β-unsaturated/α-hetero) is 1. The second-order valence-electron chi connectivity index (χ2n) is 4.35. The lowest BCUT2D eigenvalue weighted by Gasteiger charge is -2.18. The van der Waals surface area contributed by atoms with Crippen molar-refractivity contribution in [2.45, 2.75) is 64.7 Å². The van der Waals surface area contributed by atoms with E-state index >= 15 is 0 Å². The Morgan fingerprint density at radius 2 is 2.15 bits per heavy atom. The van der Waals surface area contributed by atoms with Crippen LogP contribution in [0.25, 0.3) is 0 Å². The normalized spacial score (nSPS) is 25.3. The Kier molecular flexibility index (Phi) is 5.10. The van der Waals surface area contributed by atoms with Crippen molar-refractivity contribution in [1.82, 2.24) is 0 Å². The van der Waals surface area contributed by atoms with Crippen molar-refractivity contribution in [3.63, 3.8) is 0 Å². The van der Waals surface area contributed by atoms with Crippen LogP contribution in [0.5, 0.6) is 0 Å². The van der Waals surface area contributed by atoms with Gasteiger partial charge < -0.3 is 0 Å². The van der Waals surface area contributed by atoms with Crippen LogP contribution >= 0.6 is 0 Å². The summed E-state index contributed by atoms with van der Waals surface area (Å²) in [5.74, 6) is 1.23. The molecule has 1 aliphatic rings. The van der Waals surface area contributed by atoms with Gasteiger partial charge in [0.1, 0.15) is 5.78 Å². The number of ketones is 1. The fourth-order valence-corrected chi connectivity index (χ4v) is 2.20. The predicted molar refractivity (Wildman–Crippen MR) is 55.7 cm³/mol. The van der Waals surface area contributed by atoms with Gasteiger partial charge in [-0.15, -0.1) is 0 Å². The summed E-state index contributed by atoms with van der Waals surface area (Å²) in [5.41, 5.74) is 0. The molecule has 13 heavy (non-hydrogen) atoms. The van der Waals surface area contributed by atoms with Gasteiger partial charge in [-0.25, -0.2) is 0 Å². The van der Waals surface area contributed by atoms with Crippen LogP contribution in [0.2, 0.25) is 0 Å². The van der Waals surface area contributed by atoms with Gasteiger partial charge >= 0.3 is 0 Å². The van der Waals surface area contributed by atoms with Gasteiger partial charge in [-0.3, -0.25) is 4.79 Å². The smallest absolute Gasteiger partial charge is 0.133 e. The highest BCUT2D eigenvalue weighted by molar-refractivity contribution is 5.78. The molecule has 0 spiro atoms. The molecule has 1 rings (SSSR count). The Labute approximate surface area is 81.9 Å². The lowest BCUT2D eigenvalue weighted by molar-refractivity contribution is -0.120. The fourth-order valence-electron chi connectivity index (χ4n) is 2.20. The number of carbonyl (C=O) groups is 1. The molecule has 0 bridgehead atoms. The van der Waals surface area contributed by atoms with Gasteiger partial charge in [0.05, 0.1) is 0 Å². The molecular weight excluding hydrogens is 160 g/mol. The summed E-state index contributed by atoms with van der Waals surface area (Å²) < 4.78 is 0. The van der Waals surface area contributed by atoms with Gasteiger partial charge in [0.15, 0.2) is 0 Å². The Hall–Kier alpha value is -0.330. The molecule has 0 radical (unpaired) electrons. The van der Waals surface area contributed by atoms with E-state index in [1.54, 1.807) is 0 Å². The minimum atomic E-state index is 0.515. The average molecular weight is 182 g/mol. The van der Waals surface area contributed by atoms with Gasteiger partial charge in [-0.2, -0.15) is 0 Å². The summed E-state index contributed by atoms with van der Waals surface area (Å²) in [6.07, 6.45) is 10.6. The highest BCUT2D eigenvalue weighted by atomic mass is 16.1. The molecule has 0 saturated heterocycles. The molecule has 1 fully saturated rings. The molecule has 0 unspecified atom stereocenters. The monoisotopic (exact) mass is 182 g/mol. The molecule has 0 aliphatic heterocycles. The number of hydrogen-bond acceptors (Lipinski definition) is 1. The molecule has 1 aliphatic carbocycles. The zero-order valence-electron chi connectivity index (χ0n) is 8.85. The van der Waals surface area contributed by atoms with Crippen molar-refractivity contribution in [3.05, 3.63) is 0 Å². The highest BCUT2D eigenvalue weighted by Gasteiger charge is 2.15. The number of unbranched alkanes of at least 4 members (excludes halogenated alkanes) is 1. The average Bonchev–Trinajstić information content (AvgIpc) is 2.09. The van der Waals surface area contributed by atoms with E-state index < -0.39 is 0 Å². The molecule has 0 heterocycles. The van der Waals surface area contributed by atoms with Crippen molar-refractivity contribution in [1.29, 1.82) is 0 Å². The van der Waals surface area contributed by atoms with Crippen molar-refractivity contribution in [2.24, 2.45) is 5.92 Å². The predicted octanol–water partition coefficient (Wildman–Crippen LogP) is 3.72. The van der Waals surface area contributed by atoms with Crippen LogP contribution in [0.3, 0.4) is 0 Å². The van der Waals surface area contributed by atoms with E-state index in [4.69, 9.17) is 0 Å². The van der Waals surface area contributed by atoms with Crippen LogP contribution in [0.1, 0.15) is 64.7 Å². The molecule has 0 aromatic carbocycles. The molecule has 0 N–H and O–H groups in total. The summed E-state index contributed by atoms with van der Waals surface area (Å²) in [6, 6.07) is 0. The Balaban J connectivity index is 2.28. The maximum Gasteiger partial charge on any atom is 0.133 e. The van der Waals surface area contributed by atoms with Crippen molar-refractivity contribution in [2.75, 3.05) is 0 Å². The van der Waals surface area contributed by atoms with E-state index in [2.05, 4.69) is 6.92 Å². The minimum Gasteiger partial charge on any atom is -0.300 e. The quantitative estimate of drug-likeness (QED) is 0.650. The third-order valence-corrected chi connectivity index (χ3v) is 3.05. The molecule has 0 amide bonds. The van der Waals surface area contributed by atoms with Crippen LogP contribution < -0.4 is 0 Å². The maximum absolute atomic E-state index is 11.4. The third kappa shape index (κ3) is 4.44. The van der Waals surface area contributed by atoms with Gasteiger partial charge in [0.25, 0.3) is 0 Å². The summed E-state index contributed by atoms with van der Waals surface area (Å²) >= 11 is 0. The largest absolute Gasteiger partial charge is 0.300 e. The van der Waals surface area contributed by atoms with Gasteiger partial charge in [-0.1, -0.05) is 45.4 Å². The maximum atomic E-state index is 11.4. The van der Waals surface area contributed by atoms with Crippen molar-refractivity contribution < 1.29 is 4.79 Å². The molecule has 0 aromatic rings. The standard InChI is InChI=1S/C12H22O/c1-2-3-7-11-8-5-4-6-9-12(13)10-11/h11H,2-10H2,1H3/t11-/m1/s1. The first-order chi connectivity index (χ1) is 6.33. The first kappa shape index (κ1) is 10.7. The van der Waals surface area contributed by atoms with E-state index in [0.29, 0.717) is 11.7 Å². The van der Waals surface area contributed by atoms with Crippen LogP contribution in [0.15, 0.2) is 0 Å². The molecule has 76 valence electrons. The summed E-state index contributed by atoms with van der Waals surface area (Å²) in [5, 5.41) is 0. The SMILES string of the molecule is CCCC[C@@H]1CCCCCC(=O)C1. The molecule has 0 aromatic heterocycles. The van der Waals surface area contributed by atoms with E-state index in [9.17, 15) is 4.79 Å². The van der Waals surface area contributed by atoms with Crippen molar-refractivity contribution in [3.8, 4) is 0 Å². The minimum absolute atomic E-state index is 0.515. The molecule has 1 saturated carbocycles. The van der Waals surface area contributed by atoms with Gasteiger partial charge in [-0.05, 0) is 12.3 Å². The lowest BCUT2D eigenvalue weighted by atomic mass is 9.87. The molecule has 1 atom stereocenters. The topological polar surface area (TPSA) is 17.1 Å². The molecular formula is C12H22O. The Morgan fingerprint density at radius 3 is 2.92 bits per heavy atom. The van der Waals surface area contributed by atoms with Crippen LogP contribution in [0, 0.1) is 5.92 Å². The van der Waals surface area contributed by atoms with Gasteiger partial charge in [0.2, 0.25) is 0 Å². The van der Waals surface area contributed by atoms with E-state index in [1.807, 2.05) is 0 Å². The lowest BCUT2D eigenvalue weighted by Crippen LogP contribution is -2.11. The fraction of sp³-hybridized carbons (Fsp3) is 0.917. The molecule has 1 heteroatoms. The van der Waals surface area contributed by atoms with E-state index in [1.165, 1.54) is 38.5 Å². The number of rotatable bonds is 3. The van der Waals surface area contributed by atoms with E-state index in [-0.39, 0.29) is 0 Å². The van der Waals surface area contributed by atoms with Gasteiger partial charge in [0, 0.05) is 12.8 Å². The highest BCUT2D eigenvalue weighted by Crippen LogP contribution is 2.24. The van der Waals surface area contributed by atoms with Crippen molar-refractivity contribution >= 4 is 5.78 Å². The summed E-state index contributed by atoms with van der Waals surface area (Å²) in [7, 11) is 0. The summed E-state index contributed by atoms with van der Waals surface area (Å²) in [6.45, 7) is 2.23. The van der Waals surface area contributed by atoms with E-state index in [0.717, 1.165) is 19.3 Å². The Bertz CT molecular complexity index is 149. The second-order valence-corrected chi connectivity index (χ2v) is 4.35.